The molecule has 1 aliphatic heterocycles. The van der Waals surface area contributed by atoms with Crippen LogP contribution in [0.15, 0.2) is 24.3 Å². The number of anilines is 2. The van der Waals surface area contributed by atoms with Crippen LogP contribution in [0.5, 0.6) is 0 Å². The van der Waals surface area contributed by atoms with Gasteiger partial charge in [0.25, 0.3) is 0 Å². The lowest BCUT2D eigenvalue weighted by Gasteiger charge is -2.32. The van der Waals surface area contributed by atoms with E-state index < -0.39 is 36.1 Å². The molecule has 4 amide bonds. The summed E-state index contributed by atoms with van der Waals surface area (Å²) >= 11 is 0. The first-order valence-corrected chi connectivity index (χ1v) is 9.33. The summed E-state index contributed by atoms with van der Waals surface area (Å²) in [7, 11) is 0. The number of para-hydroxylation sites is 2. The number of carboxylic acid groups (broad SMARTS) is 1. The average molecular weight is 406 g/mol. The first kappa shape index (κ1) is 22.2. The Hall–Kier alpha value is -3.14. The lowest BCUT2D eigenvalue weighted by molar-refractivity contribution is -0.145. The van der Waals surface area contributed by atoms with E-state index in [1.165, 1.54) is 11.8 Å². The number of carboxylic acids is 1. The number of benzene rings is 1. The fourth-order valence-electron chi connectivity index (χ4n) is 2.96. The average Bonchev–Trinajstić information content (AvgIpc) is 2.67. The molecule has 0 unspecified atom stereocenters. The van der Waals surface area contributed by atoms with Gasteiger partial charge in [0.1, 0.15) is 12.6 Å². The molecule has 1 aromatic carbocycles. The molecule has 0 radical (unpaired) electrons. The van der Waals surface area contributed by atoms with Crippen LogP contribution < -0.4 is 20.9 Å². The molecule has 4 atom stereocenters. The van der Waals surface area contributed by atoms with Crippen LogP contribution in [-0.4, -0.2) is 58.8 Å². The van der Waals surface area contributed by atoms with Gasteiger partial charge in [-0.15, -0.1) is 0 Å². The second-order valence-electron chi connectivity index (χ2n) is 7.03. The molecule has 1 aromatic rings. The van der Waals surface area contributed by atoms with Gasteiger partial charge in [-0.3, -0.25) is 14.5 Å². The van der Waals surface area contributed by atoms with Crippen LogP contribution in [0.25, 0.3) is 0 Å². The lowest BCUT2D eigenvalue weighted by Crippen LogP contribution is -2.59. The summed E-state index contributed by atoms with van der Waals surface area (Å²) in [6, 6.07) is 3.55. The van der Waals surface area contributed by atoms with Crippen molar-refractivity contribution < 1.29 is 29.4 Å². The van der Waals surface area contributed by atoms with Crippen molar-refractivity contribution in [1.82, 2.24) is 10.6 Å². The zero-order chi connectivity index (χ0) is 21.7. The molecule has 0 fully saturated rings. The van der Waals surface area contributed by atoms with Gasteiger partial charge in [0.15, 0.2) is 6.04 Å². The van der Waals surface area contributed by atoms with Gasteiger partial charge in [0.2, 0.25) is 11.8 Å². The summed E-state index contributed by atoms with van der Waals surface area (Å²) in [6.45, 7) is 4.59. The third-order valence-electron chi connectivity index (χ3n) is 4.84. The number of hydrogen-bond donors (Lipinski definition) is 5. The van der Waals surface area contributed by atoms with Crippen LogP contribution in [-0.2, 0) is 14.4 Å². The van der Waals surface area contributed by atoms with Crippen molar-refractivity contribution in [3.8, 4) is 0 Å². The number of fused-ring (bicyclic) bond motifs is 1. The maximum atomic E-state index is 12.9. The van der Waals surface area contributed by atoms with Crippen LogP contribution >= 0.6 is 0 Å². The number of nitrogens with one attached hydrogen (secondary N) is 3. The van der Waals surface area contributed by atoms with Crippen molar-refractivity contribution in [3.63, 3.8) is 0 Å². The minimum absolute atomic E-state index is 0.219. The predicted molar refractivity (Wildman–Crippen MR) is 105 cm³/mol. The predicted octanol–water partition coefficient (Wildman–Crippen LogP) is 0.520. The Balaban J connectivity index is 2.22. The molecule has 0 spiro atoms. The zero-order valence-corrected chi connectivity index (χ0v) is 16.5. The van der Waals surface area contributed by atoms with Crippen LogP contribution in [0.2, 0.25) is 0 Å². The quantitative estimate of drug-likeness (QED) is 0.446. The Labute approximate surface area is 168 Å². The Morgan fingerprint density at radius 3 is 2.41 bits per heavy atom. The second-order valence-corrected chi connectivity index (χ2v) is 7.03. The van der Waals surface area contributed by atoms with Gasteiger partial charge < -0.3 is 26.2 Å². The maximum Gasteiger partial charge on any atom is 0.328 e. The van der Waals surface area contributed by atoms with E-state index in [1.54, 1.807) is 31.2 Å². The van der Waals surface area contributed by atoms with Gasteiger partial charge in [-0.1, -0.05) is 32.4 Å². The first-order chi connectivity index (χ1) is 13.6. The highest BCUT2D eigenvalue weighted by atomic mass is 16.4. The van der Waals surface area contributed by atoms with Crippen LogP contribution in [0.1, 0.15) is 27.2 Å². The third-order valence-corrected chi connectivity index (χ3v) is 4.84. The van der Waals surface area contributed by atoms with Gasteiger partial charge in [-0.05, 0) is 25.0 Å². The highest BCUT2D eigenvalue weighted by Crippen LogP contribution is 2.29. The summed E-state index contributed by atoms with van der Waals surface area (Å²) in [5, 5.41) is 26.3. The van der Waals surface area contributed by atoms with E-state index >= 15 is 0 Å². The van der Waals surface area contributed by atoms with E-state index in [1.807, 2.05) is 6.92 Å². The summed E-state index contributed by atoms with van der Waals surface area (Å²) in [6.07, 6.45) is -0.788. The number of aliphatic carboxylic acids is 1. The summed E-state index contributed by atoms with van der Waals surface area (Å²) in [4.78, 5) is 50.0. The Bertz CT molecular complexity index is 797. The van der Waals surface area contributed by atoms with Crippen molar-refractivity contribution in [2.45, 2.75) is 45.4 Å². The van der Waals surface area contributed by atoms with E-state index in [0.717, 1.165) is 0 Å². The van der Waals surface area contributed by atoms with Crippen molar-refractivity contribution in [3.05, 3.63) is 24.3 Å². The van der Waals surface area contributed by atoms with Gasteiger partial charge in [0.05, 0.1) is 17.5 Å². The van der Waals surface area contributed by atoms with E-state index in [9.17, 15) is 29.4 Å². The van der Waals surface area contributed by atoms with E-state index in [4.69, 9.17) is 0 Å². The minimum atomic E-state index is -1.51. The van der Waals surface area contributed by atoms with E-state index in [0.29, 0.717) is 17.8 Å². The largest absolute Gasteiger partial charge is 0.480 e. The monoisotopic (exact) mass is 406 g/mol. The Kier molecular flexibility index (Phi) is 7.16. The van der Waals surface area contributed by atoms with Crippen LogP contribution in [0.3, 0.4) is 0 Å². The number of aliphatic hydroxyl groups excluding tert-OH is 1. The highest BCUT2D eigenvalue weighted by molar-refractivity contribution is 6.10. The van der Waals surface area contributed by atoms with Crippen molar-refractivity contribution in [1.29, 1.82) is 0 Å². The maximum absolute atomic E-state index is 12.9. The third kappa shape index (κ3) is 5.23. The molecule has 0 aliphatic carbocycles. The molecule has 0 saturated carbocycles. The number of hydrogen-bond acceptors (Lipinski definition) is 5. The molecule has 5 N–H and O–H groups in total. The van der Waals surface area contributed by atoms with Crippen LogP contribution in [0, 0.1) is 5.92 Å². The SMILES string of the molecule is CC[C@@H](C)[C@H](NC(=O)N1CC(=O)Nc2ccccc21)C(=O)N[C@H](C(=O)O)[C@@H](C)O. The molecule has 0 bridgehead atoms. The van der Waals surface area contributed by atoms with Crippen molar-refractivity contribution in [2.75, 3.05) is 16.8 Å². The molecule has 158 valence electrons. The molecule has 0 saturated heterocycles. The number of aliphatic hydroxyl groups is 1. The Morgan fingerprint density at radius 1 is 1.17 bits per heavy atom. The zero-order valence-electron chi connectivity index (χ0n) is 16.5. The fourth-order valence-corrected chi connectivity index (χ4v) is 2.96. The van der Waals surface area contributed by atoms with Crippen molar-refractivity contribution >= 4 is 35.2 Å². The fraction of sp³-hybridized carbons (Fsp3) is 0.474. The van der Waals surface area contributed by atoms with Crippen LogP contribution in [0.4, 0.5) is 16.2 Å². The second kappa shape index (κ2) is 9.37. The molecule has 0 aromatic heterocycles. The first-order valence-electron chi connectivity index (χ1n) is 9.33. The molecular weight excluding hydrogens is 380 g/mol. The van der Waals surface area contributed by atoms with Gasteiger partial charge >= 0.3 is 12.0 Å². The highest BCUT2D eigenvalue weighted by Gasteiger charge is 2.34. The molecule has 10 heteroatoms. The van der Waals surface area contributed by atoms with Gasteiger partial charge in [-0.2, -0.15) is 0 Å². The van der Waals surface area contributed by atoms with Crippen molar-refractivity contribution in [2.24, 2.45) is 5.92 Å². The summed E-state index contributed by atoms with van der Waals surface area (Å²) < 4.78 is 0. The molecule has 10 nitrogen and oxygen atoms in total. The summed E-state index contributed by atoms with van der Waals surface area (Å²) in [5.74, 6) is -2.81. The lowest BCUT2D eigenvalue weighted by atomic mass is 9.97. The molecule has 1 aliphatic rings. The molecule has 1 heterocycles. The number of carbonyl (C=O) groups excluding carboxylic acids is 3. The Morgan fingerprint density at radius 2 is 1.83 bits per heavy atom. The smallest absolute Gasteiger partial charge is 0.328 e. The summed E-state index contributed by atoms with van der Waals surface area (Å²) in [5.41, 5.74) is 0.962. The van der Waals surface area contributed by atoms with E-state index in [-0.39, 0.29) is 18.4 Å². The number of rotatable bonds is 7. The van der Waals surface area contributed by atoms with Gasteiger partial charge in [0, 0.05) is 0 Å². The number of urea groups is 1. The topological polar surface area (TPSA) is 148 Å². The number of carbonyl (C=O) groups is 4. The number of amides is 4. The minimum Gasteiger partial charge on any atom is -0.480 e. The normalized spacial score (nSPS) is 17.2. The standard InChI is InChI=1S/C19H26N4O6/c1-4-10(2)15(17(26)21-16(11(3)24)18(27)28)22-19(29)23-9-14(25)20-12-7-5-6-8-13(12)23/h5-8,10-11,15-16,24H,4,9H2,1-3H3,(H,20,25)(H,21,26)(H,22,29)(H,27,28)/t10-,11-,15+,16+/m1/s1. The number of nitrogens with zero attached hydrogens (tertiary/aromatic N) is 1. The molecular formula is C19H26N4O6. The molecule has 2 rings (SSSR count). The van der Waals surface area contributed by atoms with Gasteiger partial charge in [-0.25, -0.2) is 9.59 Å². The molecule has 29 heavy (non-hydrogen) atoms. The van der Waals surface area contributed by atoms with E-state index in [2.05, 4.69) is 16.0 Å².